The predicted molar refractivity (Wildman–Crippen MR) is 145 cm³/mol. The number of hydrogen-bond donors (Lipinski definition) is 3. The van der Waals surface area contributed by atoms with E-state index in [1.165, 1.54) is 5.56 Å². The number of thiophene rings is 1. The van der Waals surface area contributed by atoms with Gasteiger partial charge < -0.3 is 20.7 Å². The average molecular weight is 587 g/mol. The van der Waals surface area contributed by atoms with Gasteiger partial charge in [0.05, 0.1) is 9.35 Å². The molecule has 0 saturated heterocycles. The number of benzene rings is 2. The maximum Gasteiger partial charge on any atom is 0.349 e. The summed E-state index contributed by atoms with van der Waals surface area (Å²) in [7, 11) is 0. The molecule has 10 heteroatoms. The van der Waals surface area contributed by atoms with Gasteiger partial charge in [0.2, 0.25) is 0 Å². The minimum absolute atomic E-state index is 0.0388. The maximum absolute atomic E-state index is 12.7. The Morgan fingerprint density at radius 3 is 2.51 bits per heavy atom. The molecule has 8 nitrogen and oxygen atoms in total. The molecule has 3 aromatic rings. The Labute approximate surface area is 226 Å². The number of nitrogens with two attached hydrogens (primary N) is 1. The quantitative estimate of drug-likeness (QED) is 0.281. The van der Waals surface area contributed by atoms with Gasteiger partial charge in [0.1, 0.15) is 0 Å². The fourth-order valence-corrected chi connectivity index (χ4v) is 6.82. The Morgan fingerprint density at radius 1 is 1.08 bits per heavy atom. The van der Waals surface area contributed by atoms with Gasteiger partial charge in [0, 0.05) is 11.7 Å². The van der Waals surface area contributed by atoms with Crippen LogP contribution in [0, 0.1) is 5.92 Å². The molecule has 37 heavy (non-hydrogen) atoms. The van der Waals surface area contributed by atoms with Crippen molar-refractivity contribution in [2.24, 2.45) is 11.7 Å². The number of ether oxygens (including phenoxy) is 1. The largest absolute Gasteiger partial charge is 0.479 e. The summed E-state index contributed by atoms with van der Waals surface area (Å²) >= 11 is 4.35. The van der Waals surface area contributed by atoms with Crippen LogP contribution in [0.5, 0.6) is 5.75 Å². The van der Waals surface area contributed by atoms with E-state index in [-0.39, 0.29) is 16.7 Å². The van der Waals surface area contributed by atoms with Crippen LogP contribution in [0.4, 0.5) is 10.5 Å². The first-order valence-electron chi connectivity index (χ1n) is 11.9. The standard InChI is InChI=1S/C27H27BrN2O6S/c28-22-23(36-15-21(31)32)25(26(33)34)37-24(22)18-9-5-11-20(14-18)30(27(29)35)19-10-4-8-17(13-19)12-16-6-2-1-3-7-16/h1-3,5-7,9,11,14,17,19H,4,8,10,12-13,15H2,(H2,29,35)(H,31,32)(H,33,34). The molecular formula is C27H27BrN2O6S. The highest BCUT2D eigenvalue weighted by molar-refractivity contribution is 9.10. The first kappa shape index (κ1) is 26.7. The van der Waals surface area contributed by atoms with E-state index in [1.807, 2.05) is 24.3 Å². The second-order valence-corrected chi connectivity index (χ2v) is 10.8. The fourth-order valence-electron chi connectivity index (χ4n) is 4.93. The zero-order chi connectivity index (χ0) is 26.5. The molecule has 0 radical (unpaired) electrons. The molecule has 1 aliphatic carbocycles. The Morgan fingerprint density at radius 2 is 1.84 bits per heavy atom. The number of carboxylic acid groups (broad SMARTS) is 2. The molecule has 2 aromatic carbocycles. The topological polar surface area (TPSA) is 130 Å². The highest BCUT2D eigenvalue weighted by Gasteiger charge is 2.31. The summed E-state index contributed by atoms with van der Waals surface area (Å²) in [5, 5.41) is 18.6. The zero-order valence-electron chi connectivity index (χ0n) is 19.9. The molecule has 1 fully saturated rings. The number of halogens is 1. The van der Waals surface area contributed by atoms with E-state index in [4.69, 9.17) is 15.6 Å². The molecule has 4 N–H and O–H groups in total. The van der Waals surface area contributed by atoms with Crippen LogP contribution in [0.2, 0.25) is 0 Å². The summed E-state index contributed by atoms with van der Waals surface area (Å²) < 4.78 is 5.61. The highest BCUT2D eigenvalue weighted by atomic mass is 79.9. The second-order valence-electron chi connectivity index (χ2n) is 9.03. The van der Waals surface area contributed by atoms with Crippen molar-refractivity contribution in [3.63, 3.8) is 0 Å². The van der Waals surface area contributed by atoms with Crippen LogP contribution in [0.15, 0.2) is 59.1 Å². The SMILES string of the molecule is NC(=O)N(c1cccc(-c2sc(C(=O)O)c(OCC(=O)O)c2Br)c1)C1CCCC(Cc2ccccc2)C1. The number of aliphatic carboxylic acids is 1. The second kappa shape index (κ2) is 11.8. The van der Waals surface area contributed by atoms with Crippen LogP contribution in [-0.2, 0) is 11.2 Å². The summed E-state index contributed by atoms with van der Waals surface area (Å²) in [6.45, 7) is -0.670. The number of aromatic carboxylic acids is 1. The first-order chi connectivity index (χ1) is 17.7. The third kappa shape index (κ3) is 6.31. The van der Waals surface area contributed by atoms with E-state index in [9.17, 15) is 19.5 Å². The number of urea groups is 1. The van der Waals surface area contributed by atoms with E-state index in [2.05, 4.69) is 28.1 Å². The summed E-state index contributed by atoms with van der Waals surface area (Å²) in [5.41, 5.74) is 8.44. The minimum atomic E-state index is -1.22. The van der Waals surface area contributed by atoms with Gasteiger partial charge in [-0.25, -0.2) is 14.4 Å². The van der Waals surface area contributed by atoms with Crippen molar-refractivity contribution in [2.45, 2.75) is 38.1 Å². The van der Waals surface area contributed by atoms with Crippen LogP contribution in [-0.4, -0.2) is 40.8 Å². The van der Waals surface area contributed by atoms with Crippen molar-refractivity contribution < 1.29 is 29.3 Å². The summed E-state index contributed by atoms with van der Waals surface area (Å²) in [4.78, 5) is 37.5. The molecule has 1 aliphatic rings. The molecule has 0 aliphatic heterocycles. The third-order valence-corrected chi connectivity index (χ3v) is 8.68. The number of primary amides is 1. The van der Waals surface area contributed by atoms with Crippen molar-refractivity contribution in [3.05, 3.63) is 69.5 Å². The van der Waals surface area contributed by atoms with Crippen LogP contribution in [0.1, 0.15) is 40.9 Å². The van der Waals surface area contributed by atoms with Gasteiger partial charge >= 0.3 is 18.0 Å². The van der Waals surface area contributed by atoms with E-state index in [0.717, 1.165) is 43.4 Å². The van der Waals surface area contributed by atoms with Gasteiger partial charge in [0.25, 0.3) is 0 Å². The third-order valence-electron chi connectivity index (χ3n) is 6.45. The Bertz CT molecular complexity index is 1300. The first-order valence-corrected chi connectivity index (χ1v) is 13.5. The highest BCUT2D eigenvalue weighted by Crippen LogP contribution is 2.46. The minimum Gasteiger partial charge on any atom is -0.479 e. The van der Waals surface area contributed by atoms with Crippen LogP contribution >= 0.6 is 27.3 Å². The summed E-state index contributed by atoms with van der Waals surface area (Å²) in [6, 6.07) is 16.9. The molecule has 1 aromatic heterocycles. The molecular weight excluding hydrogens is 560 g/mol. The molecule has 0 spiro atoms. The molecule has 1 heterocycles. The lowest BCUT2D eigenvalue weighted by atomic mass is 9.81. The number of nitrogens with zero attached hydrogens (tertiary/aromatic N) is 1. The lowest BCUT2D eigenvalue weighted by Crippen LogP contribution is -2.46. The van der Waals surface area contributed by atoms with Gasteiger partial charge in [-0.05, 0) is 70.8 Å². The molecule has 2 atom stereocenters. The molecule has 194 valence electrons. The Kier molecular flexibility index (Phi) is 8.50. The molecule has 4 rings (SSSR count). The van der Waals surface area contributed by atoms with Crippen LogP contribution in [0.25, 0.3) is 10.4 Å². The van der Waals surface area contributed by atoms with Crippen LogP contribution < -0.4 is 15.4 Å². The maximum atomic E-state index is 12.7. The van der Waals surface area contributed by atoms with Gasteiger partial charge in [-0.1, -0.05) is 48.9 Å². The molecule has 1 saturated carbocycles. The Balaban J connectivity index is 1.62. The number of carboxylic acids is 2. The number of hydrogen-bond acceptors (Lipinski definition) is 5. The lowest BCUT2D eigenvalue weighted by molar-refractivity contribution is -0.139. The van der Waals surface area contributed by atoms with E-state index >= 15 is 0 Å². The van der Waals surface area contributed by atoms with Gasteiger partial charge in [-0.15, -0.1) is 11.3 Å². The summed E-state index contributed by atoms with van der Waals surface area (Å²) in [5.74, 6) is -2.04. The average Bonchev–Trinajstić information content (AvgIpc) is 3.20. The molecule has 0 bridgehead atoms. The number of anilines is 1. The van der Waals surface area contributed by atoms with Crippen molar-refractivity contribution in [2.75, 3.05) is 11.5 Å². The molecule has 2 unspecified atom stereocenters. The van der Waals surface area contributed by atoms with E-state index in [0.29, 0.717) is 26.5 Å². The van der Waals surface area contributed by atoms with E-state index in [1.54, 1.807) is 23.1 Å². The van der Waals surface area contributed by atoms with Crippen molar-refractivity contribution in [3.8, 4) is 16.2 Å². The van der Waals surface area contributed by atoms with Gasteiger partial charge in [-0.2, -0.15) is 0 Å². The van der Waals surface area contributed by atoms with Crippen molar-refractivity contribution >= 4 is 50.9 Å². The zero-order valence-corrected chi connectivity index (χ0v) is 22.3. The number of carbonyl (C=O) groups is 3. The summed E-state index contributed by atoms with van der Waals surface area (Å²) in [6.07, 6.45) is 4.72. The van der Waals surface area contributed by atoms with Gasteiger partial charge in [0.15, 0.2) is 17.2 Å². The van der Waals surface area contributed by atoms with Gasteiger partial charge in [-0.3, -0.25) is 4.90 Å². The lowest BCUT2D eigenvalue weighted by Gasteiger charge is -2.37. The van der Waals surface area contributed by atoms with Crippen molar-refractivity contribution in [1.29, 1.82) is 0 Å². The predicted octanol–water partition coefficient (Wildman–Crippen LogP) is 6.03. The fraction of sp³-hybridized carbons (Fsp3) is 0.296. The van der Waals surface area contributed by atoms with Crippen molar-refractivity contribution in [1.82, 2.24) is 0 Å². The monoisotopic (exact) mass is 586 g/mol. The van der Waals surface area contributed by atoms with Crippen LogP contribution in [0.3, 0.4) is 0 Å². The van der Waals surface area contributed by atoms with E-state index < -0.39 is 24.6 Å². The number of rotatable bonds is 9. The normalized spacial score (nSPS) is 17.2. The Hall–Kier alpha value is -3.37. The number of carbonyl (C=O) groups excluding carboxylic acids is 1. The smallest absolute Gasteiger partial charge is 0.349 e. The molecule has 2 amide bonds. The number of amides is 2.